The molecule has 24 heavy (non-hydrogen) atoms. The van der Waals surface area contributed by atoms with E-state index in [4.69, 9.17) is 5.73 Å². The van der Waals surface area contributed by atoms with Crippen LogP contribution in [0.3, 0.4) is 0 Å². The van der Waals surface area contributed by atoms with E-state index in [2.05, 4.69) is 36.4 Å². The van der Waals surface area contributed by atoms with Gasteiger partial charge in [0.15, 0.2) is 5.13 Å². The number of nitrogens with one attached hydrogen (secondary N) is 2. The van der Waals surface area contributed by atoms with Crippen LogP contribution in [0.4, 0.5) is 15.6 Å². The van der Waals surface area contributed by atoms with Crippen LogP contribution in [-0.4, -0.2) is 11.0 Å². The number of carbonyl (C=O) groups excluding carboxylic acids is 1. The Balaban J connectivity index is 2.07. The second-order valence-corrected chi connectivity index (χ2v) is 8.08. The summed E-state index contributed by atoms with van der Waals surface area (Å²) in [5, 5.41) is 8.14. The molecule has 1 aromatic carbocycles. The lowest BCUT2D eigenvalue weighted by molar-refractivity contribution is 0.262. The van der Waals surface area contributed by atoms with Crippen LogP contribution in [0.15, 0.2) is 29.6 Å². The van der Waals surface area contributed by atoms with Crippen LogP contribution in [0.1, 0.15) is 51.9 Å². The summed E-state index contributed by atoms with van der Waals surface area (Å²) in [6.45, 7) is 10.4. The topological polar surface area (TPSA) is 80.0 Å². The van der Waals surface area contributed by atoms with Gasteiger partial charge >= 0.3 is 6.03 Å². The van der Waals surface area contributed by atoms with E-state index in [0.717, 1.165) is 16.9 Å². The van der Waals surface area contributed by atoms with Gasteiger partial charge in [-0.3, -0.25) is 5.32 Å². The van der Waals surface area contributed by atoms with Gasteiger partial charge < -0.3 is 11.1 Å². The quantitative estimate of drug-likeness (QED) is 0.748. The Morgan fingerprint density at radius 3 is 2.50 bits per heavy atom. The second kappa shape index (κ2) is 7.32. The SMILES string of the molecule is CC(C)C(N)c1csc(NC(=O)Nc2ccccc2C(C)(C)C)n1. The van der Waals surface area contributed by atoms with Gasteiger partial charge in [0, 0.05) is 11.1 Å². The molecule has 1 unspecified atom stereocenters. The van der Waals surface area contributed by atoms with E-state index in [1.165, 1.54) is 11.3 Å². The van der Waals surface area contributed by atoms with Crippen LogP contribution in [0.2, 0.25) is 0 Å². The zero-order valence-corrected chi connectivity index (χ0v) is 15.7. The zero-order valence-electron chi connectivity index (χ0n) is 14.9. The number of hydrogen-bond donors (Lipinski definition) is 3. The minimum absolute atomic E-state index is 0.0533. The molecule has 0 aliphatic rings. The molecule has 0 aliphatic heterocycles. The molecule has 1 atom stereocenters. The summed E-state index contributed by atoms with van der Waals surface area (Å²) in [5.41, 5.74) is 8.73. The van der Waals surface area contributed by atoms with Gasteiger partial charge in [0.2, 0.25) is 0 Å². The van der Waals surface area contributed by atoms with Crippen molar-refractivity contribution in [3.63, 3.8) is 0 Å². The number of carbonyl (C=O) groups is 1. The first-order valence-corrected chi connectivity index (χ1v) is 8.95. The molecule has 2 rings (SSSR count). The third-order valence-electron chi connectivity index (χ3n) is 3.79. The number of urea groups is 1. The van der Waals surface area contributed by atoms with E-state index >= 15 is 0 Å². The Morgan fingerprint density at radius 2 is 1.88 bits per heavy atom. The molecule has 0 saturated carbocycles. The lowest BCUT2D eigenvalue weighted by Gasteiger charge is -2.22. The second-order valence-electron chi connectivity index (χ2n) is 7.22. The average molecular weight is 347 g/mol. The first-order chi connectivity index (χ1) is 11.2. The van der Waals surface area contributed by atoms with Crippen LogP contribution >= 0.6 is 11.3 Å². The molecule has 2 aromatic rings. The highest BCUT2D eigenvalue weighted by atomic mass is 32.1. The summed E-state index contributed by atoms with van der Waals surface area (Å²) in [7, 11) is 0. The Morgan fingerprint density at radius 1 is 1.21 bits per heavy atom. The fourth-order valence-corrected chi connectivity index (χ4v) is 3.09. The molecule has 0 fully saturated rings. The Bertz CT molecular complexity index is 703. The lowest BCUT2D eigenvalue weighted by atomic mass is 9.86. The molecule has 1 heterocycles. The van der Waals surface area contributed by atoms with Gasteiger partial charge in [-0.1, -0.05) is 52.8 Å². The molecular weight excluding hydrogens is 320 g/mol. The van der Waals surface area contributed by atoms with Gasteiger partial charge in [-0.15, -0.1) is 11.3 Å². The van der Waals surface area contributed by atoms with Gasteiger partial charge in [-0.2, -0.15) is 0 Å². The molecule has 6 heteroatoms. The lowest BCUT2D eigenvalue weighted by Crippen LogP contribution is -2.23. The maximum absolute atomic E-state index is 12.3. The highest BCUT2D eigenvalue weighted by molar-refractivity contribution is 7.13. The van der Waals surface area contributed by atoms with Crippen molar-refractivity contribution in [3.8, 4) is 0 Å². The maximum atomic E-state index is 12.3. The summed E-state index contributed by atoms with van der Waals surface area (Å²) in [6.07, 6.45) is 0. The van der Waals surface area contributed by atoms with Crippen molar-refractivity contribution in [3.05, 3.63) is 40.9 Å². The zero-order chi connectivity index (χ0) is 17.9. The number of para-hydroxylation sites is 1. The average Bonchev–Trinajstić information content (AvgIpc) is 2.93. The number of anilines is 2. The van der Waals surface area contributed by atoms with E-state index in [1.807, 2.05) is 43.5 Å². The minimum Gasteiger partial charge on any atom is -0.322 e. The highest BCUT2D eigenvalue weighted by Crippen LogP contribution is 2.29. The van der Waals surface area contributed by atoms with E-state index < -0.39 is 0 Å². The fourth-order valence-electron chi connectivity index (χ4n) is 2.33. The van der Waals surface area contributed by atoms with E-state index in [-0.39, 0.29) is 17.5 Å². The molecular formula is C18H26N4OS. The summed E-state index contributed by atoms with van der Waals surface area (Å²) in [6, 6.07) is 7.39. The number of benzene rings is 1. The standard InChI is InChI=1S/C18H26N4OS/c1-11(2)15(19)14-10-24-17(21-14)22-16(23)20-13-9-7-6-8-12(13)18(3,4)5/h6-11,15H,19H2,1-5H3,(H2,20,21,22,23). The van der Waals surface area contributed by atoms with Crippen LogP contribution in [-0.2, 0) is 5.41 Å². The van der Waals surface area contributed by atoms with Crippen LogP contribution in [0, 0.1) is 5.92 Å². The smallest absolute Gasteiger partial charge is 0.322 e. The Kier molecular flexibility index (Phi) is 5.62. The number of aromatic nitrogens is 1. The van der Waals surface area contributed by atoms with Crippen LogP contribution < -0.4 is 16.4 Å². The molecule has 0 aliphatic carbocycles. The number of thiazole rings is 1. The number of hydrogen-bond acceptors (Lipinski definition) is 4. The number of amides is 2. The summed E-state index contributed by atoms with van der Waals surface area (Å²) in [5.74, 6) is 0.299. The molecule has 5 nitrogen and oxygen atoms in total. The molecule has 130 valence electrons. The first-order valence-electron chi connectivity index (χ1n) is 8.07. The largest absolute Gasteiger partial charge is 0.325 e. The monoisotopic (exact) mass is 346 g/mol. The molecule has 2 amide bonds. The summed E-state index contributed by atoms with van der Waals surface area (Å²) in [4.78, 5) is 16.7. The predicted molar refractivity (Wildman–Crippen MR) is 102 cm³/mol. The fraction of sp³-hybridized carbons (Fsp3) is 0.444. The third-order valence-corrected chi connectivity index (χ3v) is 4.56. The number of nitrogens with zero attached hydrogens (tertiary/aromatic N) is 1. The number of nitrogens with two attached hydrogens (primary N) is 1. The molecule has 4 N–H and O–H groups in total. The van der Waals surface area contributed by atoms with E-state index in [9.17, 15) is 4.79 Å². The van der Waals surface area contributed by atoms with Gasteiger partial charge in [0.25, 0.3) is 0 Å². The van der Waals surface area contributed by atoms with Gasteiger partial charge in [-0.25, -0.2) is 9.78 Å². The van der Waals surface area contributed by atoms with Crippen LogP contribution in [0.25, 0.3) is 0 Å². The molecule has 1 aromatic heterocycles. The summed E-state index contributed by atoms with van der Waals surface area (Å²) >= 11 is 1.38. The van der Waals surface area contributed by atoms with Crippen molar-refractivity contribution in [2.24, 2.45) is 11.7 Å². The van der Waals surface area contributed by atoms with Crippen molar-refractivity contribution in [2.45, 2.75) is 46.1 Å². The Hall–Kier alpha value is -1.92. The van der Waals surface area contributed by atoms with E-state index in [1.54, 1.807) is 0 Å². The summed E-state index contributed by atoms with van der Waals surface area (Å²) < 4.78 is 0. The number of rotatable bonds is 4. The Labute approximate surface area is 147 Å². The van der Waals surface area contributed by atoms with Crippen molar-refractivity contribution in [1.29, 1.82) is 0 Å². The minimum atomic E-state index is -0.300. The van der Waals surface area contributed by atoms with Crippen molar-refractivity contribution in [2.75, 3.05) is 10.6 Å². The van der Waals surface area contributed by atoms with Gasteiger partial charge in [-0.05, 0) is 23.0 Å². The normalized spacial score (nSPS) is 13.0. The molecule has 0 spiro atoms. The maximum Gasteiger partial charge on any atom is 0.325 e. The van der Waals surface area contributed by atoms with Crippen molar-refractivity contribution >= 4 is 28.2 Å². The van der Waals surface area contributed by atoms with Crippen molar-refractivity contribution in [1.82, 2.24) is 4.98 Å². The predicted octanol–water partition coefficient (Wildman–Crippen LogP) is 4.74. The van der Waals surface area contributed by atoms with Crippen molar-refractivity contribution < 1.29 is 4.79 Å². The highest BCUT2D eigenvalue weighted by Gasteiger charge is 2.19. The third kappa shape index (κ3) is 4.55. The van der Waals surface area contributed by atoms with Crippen LogP contribution in [0.5, 0.6) is 0 Å². The van der Waals surface area contributed by atoms with Gasteiger partial charge in [0.05, 0.1) is 11.7 Å². The van der Waals surface area contributed by atoms with Gasteiger partial charge in [0.1, 0.15) is 0 Å². The molecule has 0 saturated heterocycles. The molecule has 0 bridgehead atoms. The molecule has 0 radical (unpaired) electrons. The van der Waals surface area contributed by atoms with E-state index in [0.29, 0.717) is 11.0 Å². The first kappa shape index (κ1) is 18.4.